The van der Waals surface area contributed by atoms with Crippen LogP contribution in [-0.4, -0.2) is 53.8 Å². The zero-order valence-corrected chi connectivity index (χ0v) is 21.3. The van der Waals surface area contributed by atoms with Crippen molar-refractivity contribution in [2.45, 2.75) is 25.8 Å². The zero-order valence-electron chi connectivity index (χ0n) is 20.6. The molecule has 37 heavy (non-hydrogen) atoms. The Kier molecular flexibility index (Phi) is 8.37. The van der Waals surface area contributed by atoms with Crippen molar-refractivity contribution in [1.82, 2.24) is 9.88 Å². The molecule has 1 aliphatic rings. The van der Waals surface area contributed by atoms with Crippen molar-refractivity contribution >= 4 is 46.5 Å². The number of halogens is 1. The number of nitrogens with zero attached hydrogens (tertiary/aromatic N) is 2. The number of carbonyl (C=O) groups is 3. The minimum absolute atomic E-state index is 0.0804. The van der Waals surface area contributed by atoms with Gasteiger partial charge in [0, 0.05) is 17.4 Å². The first-order chi connectivity index (χ1) is 17.8. The van der Waals surface area contributed by atoms with Crippen LogP contribution in [0.15, 0.2) is 60.8 Å². The molecule has 1 atom stereocenters. The van der Waals surface area contributed by atoms with Gasteiger partial charge in [0.2, 0.25) is 5.91 Å². The predicted molar refractivity (Wildman–Crippen MR) is 143 cm³/mol. The number of likely N-dealkylation sites (tertiary alicyclic amines) is 1. The van der Waals surface area contributed by atoms with Crippen molar-refractivity contribution in [2.24, 2.45) is 0 Å². The topological polar surface area (TPSA) is 113 Å². The summed E-state index contributed by atoms with van der Waals surface area (Å²) < 4.78 is 5.25. The van der Waals surface area contributed by atoms with Gasteiger partial charge in [0.1, 0.15) is 11.6 Å². The van der Waals surface area contributed by atoms with E-state index in [9.17, 15) is 14.4 Å². The third-order valence-corrected chi connectivity index (χ3v) is 6.39. The van der Waals surface area contributed by atoms with Crippen LogP contribution in [-0.2, 0) is 4.79 Å². The first kappa shape index (κ1) is 26.1. The van der Waals surface area contributed by atoms with E-state index in [1.54, 1.807) is 48.5 Å². The van der Waals surface area contributed by atoms with Gasteiger partial charge in [-0.15, -0.1) is 0 Å². The van der Waals surface area contributed by atoms with Crippen LogP contribution in [0, 0.1) is 0 Å². The van der Waals surface area contributed by atoms with E-state index in [1.165, 1.54) is 19.4 Å². The molecule has 0 spiro atoms. The number of hydrogen-bond donors (Lipinski definition) is 3. The van der Waals surface area contributed by atoms with Gasteiger partial charge in [0.15, 0.2) is 0 Å². The summed E-state index contributed by atoms with van der Waals surface area (Å²) in [5.41, 5.74) is 1.47. The number of rotatable bonds is 8. The van der Waals surface area contributed by atoms with E-state index >= 15 is 0 Å². The third-order valence-electron chi connectivity index (χ3n) is 6.17. The summed E-state index contributed by atoms with van der Waals surface area (Å²) in [4.78, 5) is 44.7. The van der Waals surface area contributed by atoms with Crippen LogP contribution in [0.3, 0.4) is 0 Å². The number of ether oxygens (including phenoxy) is 1. The minimum Gasteiger partial charge on any atom is -0.497 e. The molecule has 3 N–H and O–H groups in total. The minimum atomic E-state index is -0.478. The van der Waals surface area contributed by atoms with E-state index in [2.05, 4.69) is 25.8 Å². The highest BCUT2D eigenvalue weighted by Crippen LogP contribution is 2.24. The number of amides is 3. The number of aromatic nitrogens is 1. The van der Waals surface area contributed by atoms with Gasteiger partial charge in [-0.2, -0.15) is 0 Å². The second-order valence-electron chi connectivity index (χ2n) is 8.67. The van der Waals surface area contributed by atoms with Crippen molar-refractivity contribution in [2.75, 3.05) is 36.1 Å². The summed E-state index contributed by atoms with van der Waals surface area (Å²) >= 11 is 5.86. The molecular weight excluding hydrogens is 494 g/mol. The molecule has 1 aromatic heterocycles. The van der Waals surface area contributed by atoms with E-state index in [0.717, 1.165) is 25.9 Å². The van der Waals surface area contributed by atoms with Crippen LogP contribution in [0.1, 0.15) is 40.5 Å². The molecule has 9 nitrogen and oxygen atoms in total. The summed E-state index contributed by atoms with van der Waals surface area (Å²) in [7, 11) is 1.49. The smallest absolute Gasteiger partial charge is 0.259 e. The summed E-state index contributed by atoms with van der Waals surface area (Å²) in [5, 5.41) is 8.81. The van der Waals surface area contributed by atoms with Crippen LogP contribution in [0.5, 0.6) is 5.75 Å². The molecule has 10 heteroatoms. The van der Waals surface area contributed by atoms with Gasteiger partial charge >= 0.3 is 0 Å². The van der Waals surface area contributed by atoms with E-state index in [1.807, 2.05) is 6.92 Å². The molecular formula is C27H28ClN5O4. The quantitative estimate of drug-likeness (QED) is 0.397. The average Bonchev–Trinajstić information content (AvgIpc) is 3.45. The second-order valence-corrected chi connectivity index (χ2v) is 9.10. The van der Waals surface area contributed by atoms with Gasteiger partial charge in [0.05, 0.1) is 29.4 Å². The number of hydrogen-bond acceptors (Lipinski definition) is 6. The normalized spacial score (nSPS) is 14.0. The maximum Gasteiger partial charge on any atom is 0.259 e. The van der Waals surface area contributed by atoms with Gasteiger partial charge < -0.3 is 20.7 Å². The van der Waals surface area contributed by atoms with Gasteiger partial charge in [-0.1, -0.05) is 11.6 Å². The maximum atomic E-state index is 13.0. The second kappa shape index (κ2) is 11.9. The number of methoxy groups -OCH3 is 1. The first-order valence-corrected chi connectivity index (χ1v) is 12.3. The van der Waals surface area contributed by atoms with Crippen LogP contribution in [0.2, 0.25) is 5.02 Å². The molecule has 4 rings (SSSR count). The van der Waals surface area contributed by atoms with E-state index < -0.39 is 11.8 Å². The highest BCUT2D eigenvalue weighted by molar-refractivity contribution is 6.30. The molecule has 2 aromatic carbocycles. The molecule has 1 saturated heterocycles. The summed E-state index contributed by atoms with van der Waals surface area (Å²) in [5.74, 6) is -0.203. The molecule has 0 aliphatic carbocycles. The van der Waals surface area contributed by atoms with Gasteiger partial charge in [-0.3, -0.25) is 19.3 Å². The van der Waals surface area contributed by atoms with Crippen molar-refractivity contribution in [3.8, 4) is 5.75 Å². The first-order valence-electron chi connectivity index (χ1n) is 11.9. The highest BCUT2D eigenvalue weighted by atomic mass is 35.5. The SMILES string of the molecule is COc1ccc(NC(=O)c2ccc(NC(=O)C(C)N3CCCC3)cc2)c(C(=O)Nc2ccc(Cl)cn2)c1. The van der Waals surface area contributed by atoms with E-state index in [0.29, 0.717) is 33.5 Å². The molecule has 2 heterocycles. The van der Waals surface area contributed by atoms with Crippen molar-refractivity contribution in [3.63, 3.8) is 0 Å². The molecule has 192 valence electrons. The third kappa shape index (κ3) is 6.63. The molecule has 3 amide bonds. The number of carbonyl (C=O) groups excluding carboxylic acids is 3. The fraction of sp³-hybridized carbons (Fsp3) is 0.259. The fourth-order valence-electron chi connectivity index (χ4n) is 4.02. The monoisotopic (exact) mass is 521 g/mol. The van der Waals surface area contributed by atoms with Crippen molar-refractivity contribution in [1.29, 1.82) is 0 Å². The summed E-state index contributed by atoms with van der Waals surface area (Å²) in [6.07, 6.45) is 3.64. The zero-order chi connectivity index (χ0) is 26.4. The Bertz CT molecular complexity index is 1270. The molecule has 0 radical (unpaired) electrons. The Morgan fingerprint density at radius 2 is 1.68 bits per heavy atom. The number of pyridine rings is 1. The van der Waals surface area contributed by atoms with E-state index in [-0.39, 0.29) is 17.5 Å². The van der Waals surface area contributed by atoms with Crippen LogP contribution >= 0.6 is 11.6 Å². The van der Waals surface area contributed by atoms with Crippen LogP contribution in [0.4, 0.5) is 17.2 Å². The number of nitrogens with one attached hydrogen (secondary N) is 3. The lowest BCUT2D eigenvalue weighted by Crippen LogP contribution is -2.40. The Hall–Kier alpha value is -3.95. The van der Waals surface area contributed by atoms with Crippen LogP contribution < -0.4 is 20.7 Å². The Morgan fingerprint density at radius 1 is 0.946 bits per heavy atom. The molecule has 1 fully saturated rings. The Labute approximate surface area is 220 Å². The van der Waals surface area contributed by atoms with Gasteiger partial charge in [-0.25, -0.2) is 4.98 Å². The largest absolute Gasteiger partial charge is 0.497 e. The lowest BCUT2D eigenvalue weighted by atomic mass is 10.1. The predicted octanol–water partition coefficient (Wildman–Crippen LogP) is 4.67. The molecule has 3 aromatic rings. The van der Waals surface area contributed by atoms with E-state index in [4.69, 9.17) is 16.3 Å². The van der Waals surface area contributed by atoms with Crippen LogP contribution in [0.25, 0.3) is 0 Å². The summed E-state index contributed by atoms with van der Waals surface area (Å²) in [6, 6.07) is 14.3. The maximum absolute atomic E-state index is 13.0. The molecule has 0 saturated carbocycles. The fourth-order valence-corrected chi connectivity index (χ4v) is 4.13. The molecule has 1 aliphatic heterocycles. The highest BCUT2D eigenvalue weighted by Gasteiger charge is 2.24. The number of benzene rings is 2. The lowest BCUT2D eigenvalue weighted by molar-refractivity contribution is -0.120. The Balaban J connectivity index is 1.44. The standard InChI is InChI=1S/C27H28ClN5O4/c1-17(33-13-3-4-14-33)25(34)30-20-8-5-18(6-9-20)26(35)31-23-11-10-21(37-2)15-22(23)27(36)32-24-12-7-19(28)16-29-24/h5-12,15-17H,3-4,13-14H2,1-2H3,(H,30,34)(H,31,35)(H,29,32,36). The molecule has 0 bridgehead atoms. The Morgan fingerprint density at radius 3 is 2.32 bits per heavy atom. The van der Waals surface area contributed by atoms with Crippen molar-refractivity contribution in [3.05, 3.63) is 76.9 Å². The van der Waals surface area contributed by atoms with Gasteiger partial charge in [0.25, 0.3) is 11.8 Å². The average molecular weight is 522 g/mol. The van der Waals surface area contributed by atoms with Crippen molar-refractivity contribution < 1.29 is 19.1 Å². The van der Waals surface area contributed by atoms with Gasteiger partial charge in [-0.05, 0) is 87.5 Å². The number of anilines is 3. The summed E-state index contributed by atoms with van der Waals surface area (Å²) in [6.45, 7) is 3.75. The lowest BCUT2D eigenvalue weighted by Gasteiger charge is -2.22. The molecule has 1 unspecified atom stereocenters.